The molecule has 22 heavy (non-hydrogen) atoms. The highest BCUT2D eigenvalue weighted by Gasteiger charge is 2.48. The van der Waals surface area contributed by atoms with Gasteiger partial charge in [-0.1, -0.05) is 34.8 Å². The largest absolute Gasteiger partial charge is 0.369 e. The highest BCUT2D eigenvalue weighted by Crippen LogP contribution is 2.35. The quantitative estimate of drug-likeness (QED) is 0.651. The molecule has 0 aromatic carbocycles. The lowest BCUT2D eigenvalue weighted by molar-refractivity contribution is -0.110. The first-order valence-corrected chi connectivity index (χ1v) is 8.94. The van der Waals surface area contributed by atoms with Gasteiger partial charge in [-0.2, -0.15) is 8.42 Å². The molecule has 2 rings (SSSR count). The number of halogens is 4. The van der Waals surface area contributed by atoms with E-state index in [0.29, 0.717) is 0 Å². The Labute approximate surface area is 150 Å². The van der Waals surface area contributed by atoms with Gasteiger partial charge in [-0.05, 0) is 34.2 Å². The Morgan fingerprint density at radius 2 is 2.14 bits per heavy atom. The first-order valence-electron chi connectivity index (χ1n) is 5.65. The van der Waals surface area contributed by atoms with Crippen molar-refractivity contribution in [2.45, 2.75) is 9.33 Å². The van der Waals surface area contributed by atoms with Crippen molar-refractivity contribution in [2.24, 2.45) is 10.7 Å². The fraction of sp³-hybridized carbons (Fsp3) is 0.400. The van der Waals surface area contributed by atoms with Gasteiger partial charge in [0.1, 0.15) is 12.1 Å². The van der Waals surface area contributed by atoms with Crippen LogP contribution in [-0.2, 0) is 19.3 Å². The minimum atomic E-state index is -4.40. The molecule has 0 amide bonds. The van der Waals surface area contributed by atoms with Crippen molar-refractivity contribution < 1.29 is 17.4 Å². The summed E-state index contributed by atoms with van der Waals surface area (Å²) in [6.45, 7) is -0.707. The lowest BCUT2D eigenvalue weighted by Gasteiger charge is -2.34. The Kier molecular flexibility index (Phi) is 4.88. The van der Waals surface area contributed by atoms with E-state index in [1.54, 1.807) is 0 Å². The zero-order valence-corrected chi connectivity index (χ0v) is 15.3. The first-order chi connectivity index (χ1) is 9.97. The molecule has 0 saturated heterocycles. The molecule has 0 saturated carbocycles. The summed E-state index contributed by atoms with van der Waals surface area (Å²) < 4.78 is 28.4. The summed E-state index contributed by atoms with van der Waals surface area (Å²) in [5.41, 5.74) is 4.37. The zero-order valence-electron chi connectivity index (χ0n) is 10.7. The second kappa shape index (κ2) is 5.95. The molecule has 2 aliphatic rings. The second-order valence-electron chi connectivity index (χ2n) is 4.45. The maximum Gasteiger partial charge on any atom is 0.366 e. The number of hydrogen-bond acceptors (Lipinski definition) is 6. The number of ketones is 1. The Hall–Kier alpha value is -0.320. The highest BCUT2D eigenvalue weighted by molar-refractivity contribution is 9.12. The number of aliphatic imine (C=N–C) groups is 1. The monoisotopic (exact) mass is 451 g/mol. The number of carbonyl (C=O) groups excluding carboxylic acids is 1. The van der Waals surface area contributed by atoms with Crippen molar-refractivity contribution in [3.05, 3.63) is 22.7 Å². The highest BCUT2D eigenvalue weighted by atomic mass is 79.9. The summed E-state index contributed by atoms with van der Waals surface area (Å²) >= 11 is 19.5. The van der Waals surface area contributed by atoms with Crippen molar-refractivity contribution >= 4 is 72.8 Å². The van der Waals surface area contributed by atoms with Crippen molar-refractivity contribution in [3.8, 4) is 0 Å². The topological polar surface area (TPSA) is 102 Å². The van der Waals surface area contributed by atoms with E-state index in [1.807, 2.05) is 0 Å². The first kappa shape index (κ1) is 18.0. The molecular formula is C10H9BrCl3N3O4S. The lowest BCUT2D eigenvalue weighted by Crippen LogP contribution is -2.54. The van der Waals surface area contributed by atoms with Gasteiger partial charge >= 0.3 is 10.3 Å². The molecule has 122 valence electrons. The van der Waals surface area contributed by atoms with Crippen LogP contribution in [0.25, 0.3) is 0 Å². The molecule has 1 aliphatic heterocycles. The number of hydrogen-bond donors (Lipinski definition) is 1. The molecule has 1 atom stereocenters. The van der Waals surface area contributed by atoms with Crippen molar-refractivity contribution in [1.82, 2.24) is 4.31 Å². The number of guanidine groups is 1. The maximum absolute atomic E-state index is 12.4. The molecule has 1 unspecified atom stereocenters. The van der Waals surface area contributed by atoms with Crippen LogP contribution in [0, 0.1) is 0 Å². The average molecular weight is 454 g/mol. The fourth-order valence-corrected chi connectivity index (χ4v) is 4.12. The third-order valence-electron chi connectivity index (χ3n) is 2.81. The van der Waals surface area contributed by atoms with E-state index in [0.717, 1.165) is 4.31 Å². The molecule has 0 aromatic rings. The number of nitrogens with two attached hydrogens (primary N) is 1. The third-order valence-corrected chi connectivity index (χ3v) is 5.15. The number of alkyl halides is 3. The maximum atomic E-state index is 12.4. The van der Waals surface area contributed by atoms with Crippen molar-refractivity contribution in [3.63, 3.8) is 0 Å². The minimum absolute atomic E-state index is 0.00588. The second-order valence-corrected chi connectivity index (χ2v) is 9.28. The summed E-state index contributed by atoms with van der Waals surface area (Å²) in [6.07, 6.45) is 3.98. The molecule has 2 N–H and O–H groups in total. The molecule has 0 fully saturated rings. The van der Waals surface area contributed by atoms with Crippen LogP contribution in [0.4, 0.5) is 0 Å². The molecule has 7 nitrogen and oxygen atoms in total. The lowest BCUT2D eigenvalue weighted by atomic mass is 9.94. The van der Waals surface area contributed by atoms with Gasteiger partial charge in [0.2, 0.25) is 9.75 Å². The predicted octanol–water partition coefficient (Wildman–Crippen LogP) is 1.40. The van der Waals surface area contributed by atoms with Gasteiger partial charge in [0.05, 0.1) is 11.0 Å². The van der Waals surface area contributed by atoms with E-state index < -0.39 is 26.2 Å². The summed E-state index contributed by atoms with van der Waals surface area (Å²) in [5.74, 6) is -0.601. The van der Waals surface area contributed by atoms with Gasteiger partial charge in [0.25, 0.3) is 0 Å². The van der Waals surface area contributed by atoms with Gasteiger partial charge in [-0.15, -0.1) is 0 Å². The molecule has 0 radical (unpaired) electrons. The molecule has 1 spiro atoms. The summed E-state index contributed by atoms with van der Waals surface area (Å²) in [5, 5.41) is 0. The summed E-state index contributed by atoms with van der Waals surface area (Å²) in [7, 11) is -4.40. The van der Waals surface area contributed by atoms with Crippen molar-refractivity contribution in [2.75, 3.05) is 13.2 Å². The Bertz CT molecular complexity index is 701. The summed E-state index contributed by atoms with van der Waals surface area (Å²) in [6, 6.07) is 0. The normalized spacial score (nSPS) is 25.6. The molecule has 12 heteroatoms. The van der Waals surface area contributed by atoms with E-state index in [1.165, 1.54) is 18.2 Å². The predicted molar refractivity (Wildman–Crippen MR) is 87.4 cm³/mol. The Morgan fingerprint density at radius 1 is 1.50 bits per heavy atom. The average Bonchev–Trinajstić information content (AvgIpc) is 2.69. The molecular weight excluding hydrogens is 444 g/mol. The molecule has 0 bridgehead atoms. The minimum Gasteiger partial charge on any atom is -0.369 e. The van der Waals surface area contributed by atoms with E-state index >= 15 is 0 Å². The molecule has 1 heterocycles. The van der Waals surface area contributed by atoms with E-state index in [9.17, 15) is 13.2 Å². The van der Waals surface area contributed by atoms with E-state index in [-0.39, 0.29) is 22.8 Å². The van der Waals surface area contributed by atoms with E-state index in [4.69, 9.17) is 44.7 Å². The Morgan fingerprint density at radius 3 is 2.68 bits per heavy atom. The number of allylic oxidation sites excluding steroid dienone is 2. The van der Waals surface area contributed by atoms with Crippen LogP contribution in [0.2, 0.25) is 0 Å². The van der Waals surface area contributed by atoms with Crippen LogP contribution in [0.5, 0.6) is 0 Å². The SMILES string of the molecule is NC1=NCC2(C=CC(=O)C(Br)=C2)N1S(=O)(=O)OCC(Cl)(Cl)Cl. The van der Waals surface area contributed by atoms with Gasteiger partial charge in [-0.3, -0.25) is 4.79 Å². The van der Waals surface area contributed by atoms with Crippen LogP contribution in [-0.4, -0.2) is 46.9 Å². The molecule has 1 aliphatic carbocycles. The fourth-order valence-electron chi connectivity index (χ4n) is 1.93. The van der Waals surface area contributed by atoms with Crippen LogP contribution < -0.4 is 5.73 Å². The van der Waals surface area contributed by atoms with E-state index in [2.05, 4.69) is 20.9 Å². The van der Waals surface area contributed by atoms with Gasteiger partial charge in [0, 0.05) is 0 Å². The standard InChI is InChI=1S/C10H9BrCl3N3O4S/c11-6-3-9(2-1-7(6)18)4-16-8(15)17(9)22(19,20)21-5-10(12,13)14/h1-3H,4-5H2,(H2,15,16). The number of nitrogens with zero attached hydrogens (tertiary/aromatic N) is 2. The van der Waals surface area contributed by atoms with Crippen LogP contribution >= 0.6 is 50.7 Å². The van der Waals surface area contributed by atoms with Gasteiger partial charge in [-0.25, -0.2) is 13.5 Å². The molecule has 0 aromatic heterocycles. The zero-order chi connectivity index (χ0) is 16.8. The van der Waals surface area contributed by atoms with Crippen molar-refractivity contribution in [1.29, 1.82) is 0 Å². The van der Waals surface area contributed by atoms with Crippen LogP contribution in [0.3, 0.4) is 0 Å². The number of carbonyl (C=O) groups is 1. The Balaban J connectivity index is 2.37. The number of rotatable bonds is 3. The van der Waals surface area contributed by atoms with Crippen LogP contribution in [0.1, 0.15) is 0 Å². The van der Waals surface area contributed by atoms with Crippen LogP contribution in [0.15, 0.2) is 27.7 Å². The van der Waals surface area contributed by atoms with Gasteiger partial charge < -0.3 is 5.73 Å². The smallest absolute Gasteiger partial charge is 0.366 e. The third kappa shape index (κ3) is 3.60. The summed E-state index contributed by atoms with van der Waals surface area (Å²) in [4.78, 5) is 15.4. The van der Waals surface area contributed by atoms with Gasteiger partial charge in [0.15, 0.2) is 5.78 Å².